The number of hydrazone groups is 1. The Labute approximate surface area is 69.3 Å². The largest absolute Gasteiger partial charge is 0.307 e. The van der Waals surface area contributed by atoms with Crippen LogP contribution in [0.5, 0.6) is 0 Å². The molecule has 0 unspecified atom stereocenters. The Kier molecular flexibility index (Phi) is 2.80. The van der Waals surface area contributed by atoms with E-state index in [1.54, 1.807) is 11.3 Å². The summed E-state index contributed by atoms with van der Waals surface area (Å²) in [6.45, 7) is 2.01. The molecule has 0 spiro atoms. The number of hydrogen-bond donors (Lipinski definition) is 2. The zero-order valence-corrected chi connectivity index (χ0v) is 6.98. The van der Waals surface area contributed by atoms with Crippen molar-refractivity contribution in [3.8, 4) is 0 Å². The van der Waals surface area contributed by atoms with Crippen LogP contribution in [0.15, 0.2) is 15.9 Å². The topological polar surface area (TPSA) is 48.2 Å². The Bertz CT molecular complexity index is 264. The molecule has 1 rings (SSSR count). The van der Waals surface area contributed by atoms with Crippen molar-refractivity contribution < 1.29 is 0 Å². The molecule has 0 atom stereocenters. The van der Waals surface area contributed by atoms with Gasteiger partial charge in [0.25, 0.3) is 0 Å². The van der Waals surface area contributed by atoms with Gasteiger partial charge < -0.3 is 5.41 Å². The van der Waals surface area contributed by atoms with Crippen molar-refractivity contribution >= 4 is 29.5 Å². The van der Waals surface area contributed by atoms with Crippen LogP contribution in [0.3, 0.4) is 0 Å². The molecular weight excluding hydrogens is 158 g/mol. The first-order valence-electron chi connectivity index (χ1n) is 3.15. The fourth-order valence-electron chi connectivity index (χ4n) is 0.619. The number of anilines is 1. The molecule has 0 bridgehead atoms. The van der Waals surface area contributed by atoms with Crippen LogP contribution in [0.25, 0.3) is 0 Å². The van der Waals surface area contributed by atoms with Crippen molar-refractivity contribution in [2.75, 3.05) is 5.43 Å². The second-order valence-electron chi connectivity index (χ2n) is 2.03. The van der Waals surface area contributed by atoms with Gasteiger partial charge in [0, 0.05) is 11.6 Å². The van der Waals surface area contributed by atoms with E-state index >= 15 is 0 Å². The standard InChI is InChI=1S/C7H9N3S/c1-6-4-11-5-7(6)10-9-3-2-8/h2-5,8,10H,1H3/b8-2?,9-3-. The molecular formula is C7H9N3S. The Balaban J connectivity index is 2.57. The van der Waals surface area contributed by atoms with E-state index in [0.29, 0.717) is 0 Å². The van der Waals surface area contributed by atoms with Crippen molar-refractivity contribution in [1.82, 2.24) is 0 Å². The van der Waals surface area contributed by atoms with Crippen LogP contribution in [0, 0.1) is 12.3 Å². The van der Waals surface area contributed by atoms with Gasteiger partial charge in [0.1, 0.15) is 0 Å². The number of nitrogens with one attached hydrogen (secondary N) is 2. The van der Waals surface area contributed by atoms with Crippen LogP contribution in [0.4, 0.5) is 5.69 Å². The second-order valence-corrected chi connectivity index (χ2v) is 2.77. The van der Waals surface area contributed by atoms with Gasteiger partial charge in [-0.15, -0.1) is 11.3 Å². The molecule has 1 heterocycles. The van der Waals surface area contributed by atoms with E-state index in [4.69, 9.17) is 5.41 Å². The van der Waals surface area contributed by atoms with Crippen molar-refractivity contribution in [2.45, 2.75) is 6.92 Å². The average molecular weight is 167 g/mol. The van der Waals surface area contributed by atoms with Crippen LogP contribution in [-0.4, -0.2) is 12.4 Å². The van der Waals surface area contributed by atoms with Gasteiger partial charge in [-0.1, -0.05) is 0 Å². The lowest BCUT2D eigenvalue weighted by Gasteiger charge is -1.94. The Morgan fingerprint density at radius 1 is 1.64 bits per heavy atom. The van der Waals surface area contributed by atoms with E-state index < -0.39 is 0 Å². The van der Waals surface area contributed by atoms with Crippen molar-refractivity contribution in [1.29, 1.82) is 5.41 Å². The molecule has 0 aliphatic heterocycles. The molecule has 1 aromatic heterocycles. The van der Waals surface area contributed by atoms with Gasteiger partial charge in [-0.25, -0.2) is 0 Å². The summed E-state index contributed by atoms with van der Waals surface area (Å²) in [5, 5.41) is 14.5. The summed E-state index contributed by atoms with van der Waals surface area (Å²) in [4.78, 5) is 0. The highest BCUT2D eigenvalue weighted by Gasteiger charge is 1.94. The average Bonchev–Trinajstić information content (AvgIpc) is 2.37. The van der Waals surface area contributed by atoms with Crippen molar-refractivity contribution in [3.63, 3.8) is 0 Å². The summed E-state index contributed by atoms with van der Waals surface area (Å²) >= 11 is 1.63. The number of thiophene rings is 1. The van der Waals surface area contributed by atoms with Gasteiger partial charge in [0.15, 0.2) is 0 Å². The number of rotatable bonds is 3. The Hall–Kier alpha value is -1.16. The predicted molar refractivity (Wildman–Crippen MR) is 50.0 cm³/mol. The molecule has 1 aromatic rings. The zero-order chi connectivity index (χ0) is 8.10. The van der Waals surface area contributed by atoms with Crippen LogP contribution >= 0.6 is 11.3 Å². The van der Waals surface area contributed by atoms with E-state index in [1.165, 1.54) is 11.8 Å². The highest BCUT2D eigenvalue weighted by molar-refractivity contribution is 7.08. The van der Waals surface area contributed by atoms with E-state index in [0.717, 1.165) is 11.9 Å². The smallest absolute Gasteiger partial charge is 0.0697 e. The fraction of sp³-hybridized carbons (Fsp3) is 0.143. The first kappa shape index (κ1) is 7.94. The number of nitrogens with zero attached hydrogens (tertiary/aromatic N) is 1. The monoisotopic (exact) mass is 167 g/mol. The molecule has 3 nitrogen and oxygen atoms in total. The second kappa shape index (κ2) is 3.88. The predicted octanol–water partition coefficient (Wildman–Crippen LogP) is 2.10. The Morgan fingerprint density at radius 2 is 2.45 bits per heavy atom. The minimum atomic E-state index is 1.01. The maximum Gasteiger partial charge on any atom is 0.0697 e. The lowest BCUT2D eigenvalue weighted by atomic mass is 10.3. The summed E-state index contributed by atoms with van der Waals surface area (Å²) in [6.07, 6.45) is 2.53. The summed E-state index contributed by atoms with van der Waals surface area (Å²) in [6, 6.07) is 0. The highest BCUT2D eigenvalue weighted by Crippen LogP contribution is 2.18. The normalized spacial score (nSPS) is 10.3. The van der Waals surface area contributed by atoms with Crippen LogP contribution in [-0.2, 0) is 0 Å². The van der Waals surface area contributed by atoms with Crippen molar-refractivity contribution in [2.24, 2.45) is 5.10 Å². The molecule has 58 valence electrons. The molecule has 11 heavy (non-hydrogen) atoms. The van der Waals surface area contributed by atoms with E-state index in [2.05, 4.69) is 10.5 Å². The van der Waals surface area contributed by atoms with Gasteiger partial charge in [0.05, 0.1) is 11.9 Å². The van der Waals surface area contributed by atoms with E-state index in [-0.39, 0.29) is 0 Å². The van der Waals surface area contributed by atoms with Gasteiger partial charge in [0.2, 0.25) is 0 Å². The molecule has 0 fully saturated rings. The summed E-state index contributed by atoms with van der Waals surface area (Å²) in [5.74, 6) is 0. The van der Waals surface area contributed by atoms with Crippen LogP contribution < -0.4 is 5.43 Å². The lowest BCUT2D eigenvalue weighted by Crippen LogP contribution is -1.88. The molecule has 0 amide bonds. The number of aryl methyl sites for hydroxylation is 1. The Morgan fingerprint density at radius 3 is 3.00 bits per heavy atom. The van der Waals surface area contributed by atoms with Crippen LogP contribution in [0.1, 0.15) is 5.56 Å². The summed E-state index contributed by atoms with van der Waals surface area (Å²) in [7, 11) is 0. The first-order chi connectivity index (χ1) is 5.34. The third-order valence-corrected chi connectivity index (χ3v) is 2.05. The summed E-state index contributed by atoms with van der Waals surface area (Å²) in [5.41, 5.74) is 5.01. The quantitative estimate of drug-likeness (QED) is 0.525. The lowest BCUT2D eigenvalue weighted by molar-refractivity contribution is 1.34. The molecule has 0 saturated carbocycles. The highest BCUT2D eigenvalue weighted by atomic mass is 32.1. The van der Waals surface area contributed by atoms with Gasteiger partial charge >= 0.3 is 0 Å². The maximum absolute atomic E-state index is 6.67. The van der Waals surface area contributed by atoms with Gasteiger partial charge in [-0.2, -0.15) is 5.10 Å². The van der Waals surface area contributed by atoms with Gasteiger partial charge in [-0.05, 0) is 17.9 Å². The number of hydrogen-bond acceptors (Lipinski definition) is 4. The molecule has 0 aliphatic rings. The molecule has 0 aromatic carbocycles. The van der Waals surface area contributed by atoms with Crippen LogP contribution in [0.2, 0.25) is 0 Å². The molecule has 0 aliphatic carbocycles. The van der Waals surface area contributed by atoms with E-state index in [1.807, 2.05) is 17.7 Å². The molecule has 0 saturated heterocycles. The minimum absolute atomic E-state index is 1.01. The fourth-order valence-corrected chi connectivity index (χ4v) is 1.39. The zero-order valence-electron chi connectivity index (χ0n) is 6.16. The maximum atomic E-state index is 6.67. The third kappa shape index (κ3) is 2.16. The van der Waals surface area contributed by atoms with Gasteiger partial charge in [-0.3, -0.25) is 5.43 Å². The molecule has 4 heteroatoms. The van der Waals surface area contributed by atoms with E-state index in [9.17, 15) is 0 Å². The summed E-state index contributed by atoms with van der Waals surface area (Å²) < 4.78 is 0. The third-order valence-electron chi connectivity index (χ3n) is 1.19. The minimum Gasteiger partial charge on any atom is -0.307 e. The first-order valence-corrected chi connectivity index (χ1v) is 4.10. The van der Waals surface area contributed by atoms with Crippen molar-refractivity contribution in [3.05, 3.63) is 16.3 Å². The SMILES string of the molecule is Cc1cscc1N/N=C\C=N. The molecule has 0 radical (unpaired) electrons. The molecule has 2 N–H and O–H groups in total.